The Kier molecular flexibility index (Phi) is 2.63. The van der Waals surface area contributed by atoms with Crippen molar-refractivity contribution < 1.29 is 18.7 Å². The van der Waals surface area contributed by atoms with Crippen molar-refractivity contribution in [3.05, 3.63) is 41.7 Å². The molecule has 0 amide bonds. The molecular formula is C11H8F2N2O2. The zero-order valence-corrected chi connectivity index (χ0v) is 8.82. The van der Waals surface area contributed by atoms with E-state index < -0.39 is 23.2 Å². The van der Waals surface area contributed by atoms with E-state index in [-0.39, 0.29) is 5.56 Å². The standard InChI is InChI=1S/C11H8F2N2O2/c1-15-5-6(4-14-15)7-2-3-8(11(16)17)10(13)9(7)12/h2-5H,1H3,(H,16,17). The lowest BCUT2D eigenvalue weighted by atomic mass is 10.1. The van der Waals surface area contributed by atoms with Gasteiger partial charge in [-0.3, -0.25) is 4.68 Å². The second-order valence-corrected chi connectivity index (χ2v) is 3.50. The fraction of sp³-hybridized carbons (Fsp3) is 0.0909. The molecule has 0 unspecified atom stereocenters. The van der Waals surface area contributed by atoms with Crippen LogP contribution in [0.1, 0.15) is 10.4 Å². The van der Waals surface area contributed by atoms with Crippen LogP contribution in [0.3, 0.4) is 0 Å². The van der Waals surface area contributed by atoms with Gasteiger partial charge in [-0.1, -0.05) is 6.07 Å². The average molecular weight is 238 g/mol. The summed E-state index contributed by atoms with van der Waals surface area (Å²) in [5.74, 6) is -4.05. The van der Waals surface area contributed by atoms with Crippen LogP contribution >= 0.6 is 0 Å². The van der Waals surface area contributed by atoms with Crippen molar-refractivity contribution in [3.8, 4) is 11.1 Å². The second kappa shape index (κ2) is 3.97. The van der Waals surface area contributed by atoms with E-state index in [4.69, 9.17) is 5.11 Å². The molecule has 1 N–H and O–H groups in total. The van der Waals surface area contributed by atoms with E-state index in [2.05, 4.69) is 5.10 Å². The van der Waals surface area contributed by atoms with Gasteiger partial charge < -0.3 is 5.11 Å². The summed E-state index contributed by atoms with van der Waals surface area (Å²) in [6.45, 7) is 0. The third-order valence-corrected chi connectivity index (χ3v) is 2.33. The normalized spacial score (nSPS) is 10.5. The highest BCUT2D eigenvalue weighted by Gasteiger charge is 2.19. The summed E-state index contributed by atoms with van der Waals surface area (Å²) in [4.78, 5) is 10.6. The van der Waals surface area contributed by atoms with E-state index in [1.54, 1.807) is 7.05 Å². The second-order valence-electron chi connectivity index (χ2n) is 3.50. The largest absolute Gasteiger partial charge is 0.478 e. The topological polar surface area (TPSA) is 55.1 Å². The number of aromatic carboxylic acids is 1. The van der Waals surface area contributed by atoms with Crippen LogP contribution in [0.25, 0.3) is 11.1 Å². The Bertz CT molecular complexity index is 593. The quantitative estimate of drug-likeness (QED) is 0.871. The molecule has 0 aliphatic heterocycles. The van der Waals surface area contributed by atoms with Gasteiger partial charge >= 0.3 is 5.97 Å². The van der Waals surface area contributed by atoms with Gasteiger partial charge in [-0.2, -0.15) is 5.10 Å². The van der Waals surface area contributed by atoms with E-state index in [0.29, 0.717) is 5.56 Å². The molecule has 17 heavy (non-hydrogen) atoms. The molecule has 1 aromatic carbocycles. The molecule has 6 heteroatoms. The van der Waals surface area contributed by atoms with Gasteiger partial charge in [0, 0.05) is 24.4 Å². The first-order valence-electron chi connectivity index (χ1n) is 4.71. The minimum atomic E-state index is -1.50. The van der Waals surface area contributed by atoms with Gasteiger partial charge in [-0.05, 0) is 6.07 Å². The first kappa shape index (κ1) is 11.3. The number of rotatable bonds is 2. The number of carboxylic acid groups (broad SMARTS) is 1. The highest BCUT2D eigenvalue weighted by Crippen LogP contribution is 2.25. The molecule has 4 nitrogen and oxygen atoms in total. The summed E-state index contributed by atoms with van der Waals surface area (Å²) < 4.78 is 28.5. The van der Waals surface area contributed by atoms with Gasteiger partial charge in [-0.25, -0.2) is 13.6 Å². The third-order valence-electron chi connectivity index (χ3n) is 2.33. The molecule has 88 valence electrons. The van der Waals surface area contributed by atoms with Crippen molar-refractivity contribution in [1.29, 1.82) is 0 Å². The van der Waals surface area contributed by atoms with Crippen LogP contribution in [-0.4, -0.2) is 20.9 Å². The van der Waals surface area contributed by atoms with Crippen molar-refractivity contribution in [2.24, 2.45) is 7.05 Å². The molecule has 1 aromatic heterocycles. The molecule has 2 rings (SSSR count). The van der Waals surface area contributed by atoms with Crippen molar-refractivity contribution in [3.63, 3.8) is 0 Å². The van der Waals surface area contributed by atoms with Crippen molar-refractivity contribution in [2.45, 2.75) is 0 Å². The van der Waals surface area contributed by atoms with Gasteiger partial charge in [0.25, 0.3) is 0 Å². The van der Waals surface area contributed by atoms with E-state index in [0.717, 1.165) is 6.07 Å². The maximum absolute atomic E-state index is 13.6. The Labute approximate surface area is 95.1 Å². The number of hydrogen-bond donors (Lipinski definition) is 1. The van der Waals surface area contributed by atoms with Gasteiger partial charge in [0.1, 0.15) is 0 Å². The van der Waals surface area contributed by atoms with Crippen LogP contribution < -0.4 is 0 Å². The predicted octanol–water partition coefficient (Wildman–Crippen LogP) is 2.06. The smallest absolute Gasteiger partial charge is 0.338 e. The lowest BCUT2D eigenvalue weighted by Crippen LogP contribution is -2.03. The zero-order valence-electron chi connectivity index (χ0n) is 8.82. The molecule has 0 aliphatic rings. The van der Waals surface area contributed by atoms with E-state index in [1.807, 2.05) is 0 Å². The predicted molar refractivity (Wildman–Crippen MR) is 55.5 cm³/mol. The van der Waals surface area contributed by atoms with Gasteiger partial charge in [0.15, 0.2) is 11.6 Å². The molecule has 0 atom stereocenters. The molecule has 0 saturated carbocycles. The Morgan fingerprint density at radius 3 is 2.59 bits per heavy atom. The Morgan fingerprint density at radius 1 is 1.35 bits per heavy atom. The number of benzene rings is 1. The minimum absolute atomic E-state index is 0.0133. The molecule has 2 aromatic rings. The maximum Gasteiger partial charge on any atom is 0.338 e. The summed E-state index contributed by atoms with van der Waals surface area (Å²) in [5, 5.41) is 12.5. The molecule has 0 radical (unpaired) electrons. The van der Waals surface area contributed by atoms with Crippen LogP contribution in [-0.2, 0) is 7.05 Å². The highest BCUT2D eigenvalue weighted by atomic mass is 19.2. The molecule has 1 heterocycles. The minimum Gasteiger partial charge on any atom is -0.478 e. The van der Waals surface area contributed by atoms with E-state index in [9.17, 15) is 13.6 Å². The highest BCUT2D eigenvalue weighted by molar-refractivity contribution is 5.88. The zero-order chi connectivity index (χ0) is 12.6. The lowest BCUT2D eigenvalue weighted by Gasteiger charge is -2.03. The summed E-state index contributed by atoms with van der Waals surface area (Å²) in [7, 11) is 1.64. The number of halogens is 2. The van der Waals surface area contributed by atoms with Crippen LogP contribution in [0.4, 0.5) is 8.78 Å². The molecular weight excluding hydrogens is 230 g/mol. The van der Waals surface area contributed by atoms with Gasteiger partial charge in [0.05, 0.1) is 11.8 Å². The monoisotopic (exact) mass is 238 g/mol. The molecule has 0 aliphatic carbocycles. The van der Waals surface area contributed by atoms with Crippen molar-refractivity contribution in [1.82, 2.24) is 9.78 Å². The number of aryl methyl sites for hydroxylation is 1. The van der Waals surface area contributed by atoms with Crippen LogP contribution in [0.5, 0.6) is 0 Å². The fourth-order valence-corrected chi connectivity index (χ4v) is 1.50. The van der Waals surface area contributed by atoms with Crippen LogP contribution in [0.2, 0.25) is 0 Å². The molecule has 0 spiro atoms. The number of nitrogens with zero attached hydrogens (tertiary/aromatic N) is 2. The van der Waals surface area contributed by atoms with Crippen LogP contribution in [0.15, 0.2) is 24.5 Å². The number of hydrogen-bond acceptors (Lipinski definition) is 2. The third kappa shape index (κ3) is 1.89. The molecule has 0 bridgehead atoms. The summed E-state index contributed by atoms with van der Waals surface area (Å²) in [5.41, 5.74) is -0.309. The van der Waals surface area contributed by atoms with Gasteiger partial charge in [0.2, 0.25) is 0 Å². The Hall–Kier alpha value is -2.24. The summed E-state index contributed by atoms with van der Waals surface area (Å²) >= 11 is 0. The average Bonchev–Trinajstić information content (AvgIpc) is 2.68. The first-order valence-corrected chi connectivity index (χ1v) is 4.71. The van der Waals surface area contributed by atoms with Gasteiger partial charge in [-0.15, -0.1) is 0 Å². The number of carbonyl (C=O) groups is 1. The van der Waals surface area contributed by atoms with E-state index in [1.165, 1.54) is 23.1 Å². The lowest BCUT2D eigenvalue weighted by molar-refractivity contribution is 0.0690. The summed E-state index contributed by atoms with van der Waals surface area (Å²) in [6, 6.07) is 2.25. The van der Waals surface area contributed by atoms with Crippen molar-refractivity contribution in [2.75, 3.05) is 0 Å². The van der Waals surface area contributed by atoms with E-state index >= 15 is 0 Å². The maximum atomic E-state index is 13.6. The number of aromatic nitrogens is 2. The van der Waals surface area contributed by atoms with Crippen LogP contribution in [0, 0.1) is 11.6 Å². The SMILES string of the molecule is Cn1cc(-c2ccc(C(=O)O)c(F)c2F)cn1. The molecule has 0 fully saturated rings. The fourth-order valence-electron chi connectivity index (χ4n) is 1.50. The Balaban J connectivity index is 2.58. The number of carboxylic acids is 1. The van der Waals surface area contributed by atoms with Crippen molar-refractivity contribution >= 4 is 5.97 Å². The Morgan fingerprint density at radius 2 is 2.06 bits per heavy atom. The molecule has 0 saturated heterocycles. The first-order chi connectivity index (χ1) is 8.00. The summed E-state index contributed by atoms with van der Waals surface area (Å²) in [6.07, 6.45) is 2.89.